The molecule has 0 radical (unpaired) electrons. The summed E-state index contributed by atoms with van der Waals surface area (Å²) in [6.07, 6.45) is -0.914. The molecule has 1 aromatic carbocycles. The molecule has 140 valence electrons. The summed E-state index contributed by atoms with van der Waals surface area (Å²) in [7, 11) is 1.62. The maximum Gasteiger partial charge on any atom is 0.186 e. The Labute approximate surface area is 150 Å². The van der Waals surface area contributed by atoms with Crippen LogP contribution in [0.1, 0.15) is 13.3 Å². The first-order chi connectivity index (χ1) is 12.2. The molecule has 0 bridgehead atoms. The summed E-state index contributed by atoms with van der Waals surface area (Å²) < 4.78 is 17.0. The minimum Gasteiger partial charge on any atom is -0.385 e. The lowest BCUT2D eigenvalue weighted by Gasteiger charge is -2.37. The maximum absolute atomic E-state index is 10.4. The number of hydrogen-bond acceptors (Lipinski definition) is 6. The molecule has 4 unspecified atom stereocenters. The highest BCUT2D eigenvalue weighted by Gasteiger charge is 2.45. The molecule has 2 aliphatic heterocycles. The van der Waals surface area contributed by atoms with Gasteiger partial charge < -0.3 is 24.2 Å². The fraction of sp³-hybridized carbons (Fsp3) is 0.684. The van der Waals surface area contributed by atoms with Gasteiger partial charge in [0.2, 0.25) is 0 Å². The summed E-state index contributed by atoms with van der Waals surface area (Å²) in [5, 5.41) is 10.4. The lowest BCUT2D eigenvalue weighted by atomic mass is 10.1. The summed E-state index contributed by atoms with van der Waals surface area (Å²) in [5.41, 5.74) is 1.28. The van der Waals surface area contributed by atoms with Crippen molar-refractivity contribution in [3.8, 4) is 0 Å². The summed E-state index contributed by atoms with van der Waals surface area (Å²) in [6, 6.07) is 10.5. The van der Waals surface area contributed by atoms with E-state index in [4.69, 9.17) is 14.2 Å². The Morgan fingerprint density at radius 1 is 1.16 bits per heavy atom. The lowest BCUT2D eigenvalue weighted by Crippen LogP contribution is -2.50. The van der Waals surface area contributed by atoms with E-state index in [1.807, 2.05) is 13.0 Å². The second-order valence-electron chi connectivity index (χ2n) is 6.73. The van der Waals surface area contributed by atoms with Crippen molar-refractivity contribution < 1.29 is 19.3 Å². The zero-order valence-corrected chi connectivity index (χ0v) is 15.2. The van der Waals surface area contributed by atoms with Crippen molar-refractivity contribution in [2.24, 2.45) is 0 Å². The Morgan fingerprint density at radius 3 is 2.52 bits per heavy atom. The van der Waals surface area contributed by atoms with Gasteiger partial charge in [-0.1, -0.05) is 25.1 Å². The Kier molecular flexibility index (Phi) is 6.67. The quantitative estimate of drug-likeness (QED) is 0.801. The van der Waals surface area contributed by atoms with Crippen LogP contribution >= 0.6 is 0 Å². The van der Waals surface area contributed by atoms with Gasteiger partial charge in [-0.2, -0.15) is 0 Å². The second-order valence-corrected chi connectivity index (χ2v) is 6.73. The molecule has 2 heterocycles. The van der Waals surface area contributed by atoms with E-state index >= 15 is 0 Å². The normalized spacial score (nSPS) is 30.8. The number of hydrogen-bond donors (Lipinski definition) is 1. The monoisotopic (exact) mass is 350 g/mol. The zero-order valence-electron chi connectivity index (χ0n) is 15.2. The fourth-order valence-corrected chi connectivity index (χ4v) is 3.60. The number of rotatable bonds is 7. The van der Waals surface area contributed by atoms with E-state index in [0.29, 0.717) is 6.61 Å². The van der Waals surface area contributed by atoms with Crippen molar-refractivity contribution in [3.05, 3.63) is 30.3 Å². The molecule has 2 saturated heterocycles. The number of benzene rings is 1. The Hall–Kier alpha value is -1.18. The Morgan fingerprint density at radius 2 is 1.88 bits per heavy atom. The van der Waals surface area contributed by atoms with Crippen molar-refractivity contribution in [1.82, 2.24) is 4.90 Å². The van der Waals surface area contributed by atoms with Crippen LogP contribution in [0, 0.1) is 0 Å². The predicted molar refractivity (Wildman–Crippen MR) is 96.8 cm³/mol. The van der Waals surface area contributed by atoms with Crippen LogP contribution < -0.4 is 4.90 Å². The molecule has 0 amide bonds. The van der Waals surface area contributed by atoms with E-state index in [2.05, 4.69) is 34.1 Å². The van der Waals surface area contributed by atoms with Gasteiger partial charge in [-0.3, -0.25) is 4.90 Å². The standard InChI is InChI=1S/C19H30N2O4/c1-3-13-24-19-17(22)18(23-2)16(25-19)14-20-9-11-21(12-10-20)15-7-5-4-6-8-15/h4-8,16-19,22H,3,9-14H2,1-2H3. The van der Waals surface area contributed by atoms with E-state index in [0.717, 1.165) is 39.1 Å². The Balaban J connectivity index is 1.51. The van der Waals surface area contributed by atoms with E-state index in [9.17, 15) is 5.11 Å². The van der Waals surface area contributed by atoms with Crippen molar-refractivity contribution in [2.45, 2.75) is 37.9 Å². The van der Waals surface area contributed by atoms with Gasteiger partial charge in [0.05, 0.1) is 0 Å². The topological polar surface area (TPSA) is 54.4 Å². The average molecular weight is 350 g/mol. The molecule has 1 N–H and O–H groups in total. The van der Waals surface area contributed by atoms with Crippen LogP contribution in [-0.2, 0) is 14.2 Å². The predicted octanol–water partition coefficient (Wildman–Crippen LogP) is 1.34. The van der Waals surface area contributed by atoms with Crippen LogP contribution in [0.2, 0.25) is 0 Å². The summed E-state index contributed by atoms with van der Waals surface area (Å²) in [5.74, 6) is 0. The van der Waals surface area contributed by atoms with Crippen molar-refractivity contribution >= 4 is 5.69 Å². The van der Waals surface area contributed by atoms with Crippen molar-refractivity contribution in [1.29, 1.82) is 0 Å². The van der Waals surface area contributed by atoms with Gasteiger partial charge in [0.1, 0.15) is 18.3 Å². The number of aliphatic hydroxyl groups is 1. The molecule has 2 aliphatic rings. The highest BCUT2D eigenvalue weighted by Crippen LogP contribution is 2.26. The fourth-order valence-electron chi connectivity index (χ4n) is 3.60. The van der Waals surface area contributed by atoms with Crippen LogP contribution in [0.4, 0.5) is 5.69 Å². The van der Waals surface area contributed by atoms with Crippen LogP contribution in [0.25, 0.3) is 0 Å². The maximum atomic E-state index is 10.4. The van der Waals surface area contributed by atoms with Crippen molar-refractivity contribution in [2.75, 3.05) is 51.3 Å². The molecule has 0 aromatic heterocycles. The first kappa shape index (κ1) is 18.6. The highest BCUT2D eigenvalue weighted by molar-refractivity contribution is 5.46. The smallest absolute Gasteiger partial charge is 0.186 e. The van der Waals surface area contributed by atoms with Crippen LogP contribution in [-0.4, -0.2) is 81.0 Å². The largest absolute Gasteiger partial charge is 0.385 e. The Bertz CT molecular complexity index is 507. The van der Waals surface area contributed by atoms with Gasteiger partial charge in [-0.25, -0.2) is 0 Å². The minimum atomic E-state index is -0.729. The molecule has 0 saturated carbocycles. The number of para-hydroxylation sites is 1. The molecule has 25 heavy (non-hydrogen) atoms. The molecular formula is C19H30N2O4. The molecule has 6 nitrogen and oxygen atoms in total. The molecular weight excluding hydrogens is 320 g/mol. The molecule has 6 heteroatoms. The van der Waals surface area contributed by atoms with Gasteiger partial charge in [0.15, 0.2) is 6.29 Å². The third-order valence-corrected chi connectivity index (χ3v) is 4.98. The number of aliphatic hydroxyl groups excluding tert-OH is 1. The first-order valence-electron chi connectivity index (χ1n) is 9.23. The summed E-state index contributed by atoms with van der Waals surface area (Å²) in [4.78, 5) is 4.78. The number of anilines is 1. The van der Waals surface area contributed by atoms with E-state index in [1.54, 1.807) is 7.11 Å². The lowest BCUT2D eigenvalue weighted by molar-refractivity contribution is -0.167. The van der Waals surface area contributed by atoms with E-state index in [1.165, 1.54) is 5.69 Å². The second kappa shape index (κ2) is 8.96. The molecule has 1 aromatic rings. The third-order valence-electron chi connectivity index (χ3n) is 4.98. The molecule has 0 aliphatic carbocycles. The third kappa shape index (κ3) is 4.51. The van der Waals surface area contributed by atoms with Gasteiger partial charge in [-0.15, -0.1) is 0 Å². The highest BCUT2D eigenvalue weighted by atomic mass is 16.7. The first-order valence-corrected chi connectivity index (χ1v) is 9.23. The molecule has 3 rings (SSSR count). The number of nitrogens with zero attached hydrogens (tertiary/aromatic N) is 2. The van der Waals surface area contributed by atoms with Gasteiger partial charge >= 0.3 is 0 Å². The van der Waals surface area contributed by atoms with Gasteiger partial charge in [-0.05, 0) is 18.6 Å². The number of ether oxygens (including phenoxy) is 3. The minimum absolute atomic E-state index is 0.162. The van der Waals surface area contributed by atoms with E-state index in [-0.39, 0.29) is 12.2 Å². The number of piperazine rings is 1. The number of methoxy groups -OCH3 is 1. The zero-order chi connectivity index (χ0) is 17.6. The van der Waals surface area contributed by atoms with Crippen LogP contribution in [0.3, 0.4) is 0 Å². The average Bonchev–Trinajstić information content (AvgIpc) is 2.95. The van der Waals surface area contributed by atoms with Gasteiger partial charge in [0.25, 0.3) is 0 Å². The SMILES string of the molecule is CCCOC1OC(CN2CCN(c3ccccc3)CC2)C(OC)C1O. The van der Waals surface area contributed by atoms with E-state index < -0.39 is 12.4 Å². The summed E-state index contributed by atoms with van der Waals surface area (Å²) >= 11 is 0. The van der Waals surface area contributed by atoms with Gasteiger partial charge in [0, 0.05) is 52.1 Å². The molecule has 2 fully saturated rings. The molecule has 4 atom stereocenters. The van der Waals surface area contributed by atoms with Crippen molar-refractivity contribution in [3.63, 3.8) is 0 Å². The summed E-state index contributed by atoms with van der Waals surface area (Å²) in [6.45, 7) is 7.31. The van der Waals surface area contributed by atoms with Crippen LogP contribution in [0.15, 0.2) is 30.3 Å². The van der Waals surface area contributed by atoms with Crippen LogP contribution in [0.5, 0.6) is 0 Å². The molecule has 0 spiro atoms.